The maximum absolute atomic E-state index is 4.47. The number of hydrogen-bond acceptors (Lipinski definition) is 4. The van der Waals surface area contributed by atoms with Gasteiger partial charge in [0.1, 0.15) is 17.5 Å². The van der Waals surface area contributed by atoms with Crippen LogP contribution in [0, 0.1) is 12.8 Å². The molecule has 0 fully saturated rings. The standard InChI is InChI=1S/C15H28N4/c1-6-9-16-14-10-15(19-12(5)18-14)17-11(4)13(7-2)8-3/h10-11,13H,6-9H2,1-5H3,(H2,16,17,18,19). The van der Waals surface area contributed by atoms with Gasteiger partial charge in [-0.1, -0.05) is 33.6 Å². The van der Waals surface area contributed by atoms with Crippen LogP contribution in [0.1, 0.15) is 52.8 Å². The SMILES string of the molecule is CCCNc1cc(NC(C)C(CC)CC)nc(C)n1. The van der Waals surface area contributed by atoms with E-state index in [1.54, 1.807) is 0 Å². The topological polar surface area (TPSA) is 49.8 Å². The highest BCUT2D eigenvalue weighted by atomic mass is 15.1. The van der Waals surface area contributed by atoms with Crippen LogP contribution in [-0.2, 0) is 0 Å². The van der Waals surface area contributed by atoms with Crippen LogP contribution in [0.5, 0.6) is 0 Å². The zero-order valence-electron chi connectivity index (χ0n) is 13.0. The Kier molecular flexibility index (Phi) is 6.60. The molecule has 4 heteroatoms. The molecule has 0 saturated carbocycles. The van der Waals surface area contributed by atoms with E-state index in [1.807, 2.05) is 13.0 Å². The minimum Gasteiger partial charge on any atom is -0.370 e. The number of nitrogens with one attached hydrogen (secondary N) is 2. The molecule has 1 unspecified atom stereocenters. The molecular weight excluding hydrogens is 236 g/mol. The van der Waals surface area contributed by atoms with Crippen molar-refractivity contribution in [1.29, 1.82) is 0 Å². The summed E-state index contributed by atoms with van der Waals surface area (Å²) in [5, 5.41) is 6.83. The van der Waals surface area contributed by atoms with Crippen molar-refractivity contribution >= 4 is 11.6 Å². The van der Waals surface area contributed by atoms with E-state index in [4.69, 9.17) is 0 Å². The molecule has 0 aliphatic rings. The van der Waals surface area contributed by atoms with Crippen LogP contribution in [0.15, 0.2) is 6.07 Å². The maximum Gasteiger partial charge on any atom is 0.132 e. The number of hydrogen-bond donors (Lipinski definition) is 2. The molecule has 108 valence electrons. The van der Waals surface area contributed by atoms with Crippen molar-refractivity contribution in [1.82, 2.24) is 9.97 Å². The largest absolute Gasteiger partial charge is 0.370 e. The molecule has 0 aliphatic carbocycles. The monoisotopic (exact) mass is 264 g/mol. The van der Waals surface area contributed by atoms with Crippen LogP contribution in [0.25, 0.3) is 0 Å². The van der Waals surface area contributed by atoms with Crippen molar-refractivity contribution in [2.45, 2.75) is 59.9 Å². The Labute approximate surface area is 117 Å². The molecule has 1 atom stereocenters. The first-order chi connectivity index (χ1) is 9.10. The van der Waals surface area contributed by atoms with Crippen LogP contribution >= 0.6 is 0 Å². The molecule has 0 aliphatic heterocycles. The lowest BCUT2D eigenvalue weighted by molar-refractivity contribution is 0.437. The molecule has 0 spiro atoms. The summed E-state index contributed by atoms with van der Waals surface area (Å²) in [6.07, 6.45) is 3.47. The first-order valence-electron chi connectivity index (χ1n) is 7.46. The third-order valence-corrected chi connectivity index (χ3v) is 3.53. The summed E-state index contributed by atoms with van der Waals surface area (Å²) < 4.78 is 0. The highest BCUT2D eigenvalue weighted by Crippen LogP contribution is 2.18. The van der Waals surface area contributed by atoms with E-state index >= 15 is 0 Å². The van der Waals surface area contributed by atoms with Crippen molar-refractivity contribution < 1.29 is 0 Å². The fourth-order valence-corrected chi connectivity index (χ4v) is 2.33. The van der Waals surface area contributed by atoms with E-state index in [0.717, 1.165) is 30.4 Å². The average molecular weight is 264 g/mol. The zero-order chi connectivity index (χ0) is 14.3. The molecule has 1 rings (SSSR count). The minimum absolute atomic E-state index is 0.434. The maximum atomic E-state index is 4.47. The lowest BCUT2D eigenvalue weighted by Crippen LogP contribution is -2.25. The van der Waals surface area contributed by atoms with Crippen molar-refractivity contribution in [3.8, 4) is 0 Å². The highest BCUT2D eigenvalue weighted by molar-refractivity contribution is 5.48. The van der Waals surface area contributed by atoms with Gasteiger partial charge in [-0.25, -0.2) is 9.97 Å². The Morgan fingerprint density at radius 3 is 2.32 bits per heavy atom. The predicted molar refractivity (Wildman–Crippen MR) is 82.7 cm³/mol. The number of nitrogens with zero attached hydrogens (tertiary/aromatic N) is 2. The summed E-state index contributed by atoms with van der Waals surface area (Å²) in [6, 6.07) is 2.44. The van der Waals surface area contributed by atoms with E-state index in [-0.39, 0.29) is 0 Å². The van der Waals surface area contributed by atoms with Gasteiger partial charge in [-0.3, -0.25) is 0 Å². The highest BCUT2D eigenvalue weighted by Gasteiger charge is 2.14. The van der Waals surface area contributed by atoms with Crippen LogP contribution < -0.4 is 10.6 Å². The van der Waals surface area contributed by atoms with Gasteiger partial charge in [0.05, 0.1) is 0 Å². The quantitative estimate of drug-likeness (QED) is 0.749. The second-order valence-electron chi connectivity index (χ2n) is 5.12. The van der Waals surface area contributed by atoms with Gasteiger partial charge in [0, 0.05) is 18.7 Å². The minimum atomic E-state index is 0.434. The molecule has 0 radical (unpaired) electrons. The molecule has 2 N–H and O–H groups in total. The molecule has 0 bridgehead atoms. The van der Waals surface area contributed by atoms with Crippen molar-refractivity contribution in [3.63, 3.8) is 0 Å². The third kappa shape index (κ3) is 5.05. The molecule has 1 heterocycles. The Hall–Kier alpha value is -1.32. The second kappa shape index (κ2) is 7.97. The summed E-state index contributed by atoms with van der Waals surface area (Å²) in [6.45, 7) is 11.7. The Morgan fingerprint density at radius 1 is 1.11 bits per heavy atom. The summed E-state index contributed by atoms with van der Waals surface area (Å²) in [5.74, 6) is 3.32. The fourth-order valence-electron chi connectivity index (χ4n) is 2.33. The third-order valence-electron chi connectivity index (χ3n) is 3.53. The fraction of sp³-hybridized carbons (Fsp3) is 0.733. The molecule has 4 nitrogen and oxygen atoms in total. The number of rotatable bonds is 8. The Bertz CT molecular complexity index is 374. The van der Waals surface area contributed by atoms with Crippen LogP contribution in [0.4, 0.5) is 11.6 Å². The van der Waals surface area contributed by atoms with Gasteiger partial charge in [-0.2, -0.15) is 0 Å². The summed E-state index contributed by atoms with van der Waals surface area (Å²) in [4.78, 5) is 8.87. The number of anilines is 2. The van der Waals surface area contributed by atoms with Gasteiger partial charge in [0.15, 0.2) is 0 Å². The average Bonchev–Trinajstić information content (AvgIpc) is 2.37. The normalized spacial score (nSPS) is 12.5. The summed E-state index contributed by atoms with van der Waals surface area (Å²) in [5.41, 5.74) is 0. The van der Waals surface area contributed by atoms with Gasteiger partial charge < -0.3 is 10.6 Å². The van der Waals surface area contributed by atoms with Gasteiger partial charge >= 0.3 is 0 Å². The van der Waals surface area contributed by atoms with Crippen molar-refractivity contribution in [2.75, 3.05) is 17.2 Å². The van der Waals surface area contributed by atoms with Gasteiger partial charge in [0.25, 0.3) is 0 Å². The van der Waals surface area contributed by atoms with Gasteiger partial charge in [0.2, 0.25) is 0 Å². The first-order valence-corrected chi connectivity index (χ1v) is 7.46. The van der Waals surface area contributed by atoms with Gasteiger partial charge in [-0.05, 0) is 26.2 Å². The van der Waals surface area contributed by atoms with Crippen molar-refractivity contribution in [2.24, 2.45) is 5.92 Å². The van der Waals surface area contributed by atoms with Crippen LogP contribution in [0.2, 0.25) is 0 Å². The Balaban J connectivity index is 2.74. The molecule has 0 saturated heterocycles. The first kappa shape index (κ1) is 15.7. The Morgan fingerprint density at radius 2 is 1.74 bits per heavy atom. The summed E-state index contributed by atoms with van der Waals surface area (Å²) in [7, 11) is 0. The predicted octanol–water partition coefficient (Wildman–Crippen LogP) is 3.84. The van der Waals surface area contributed by atoms with E-state index in [1.165, 1.54) is 12.8 Å². The molecular formula is C15H28N4. The van der Waals surface area contributed by atoms with E-state index in [0.29, 0.717) is 12.0 Å². The molecule has 1 aromatic rings. The smallest absolute Gasteiger partial charge is 0.132 e. The zero-order valence-corrected chi connectivity index (χ0v) is 13.0. The molecule has 1 aromatic heterocycles. The summed E-state index contributed by atoms with van der Waals surface area (Å²) >= 11 is 0. The van der Waals surface area contributed by atoms with Crippen LogP contribution in [0.3, 0.4) is 0 Å². The van der Waals surface area contributed by atoms with Crippen molar-refractivity contribution in [3.05, 3.63) is 11.9 Å². The van der Waals surface area contributed by atoms with E-state index in [9.17, 15) is 0 Å². The number of aromatic nitrogens is 2. The molecule has 0 amide bonds. The molecule has 0 aromatic carbocycles. The lowest BCUT2D eigenvalue weighted by Gasteiger charge is -2.23. The lowest BCUT2D eigenvalue weighted by atomic mass is 9.95. The van der Waals surface area contributed by atoms with Crippen LogP contribution in [-0.4, -0.2) is 22.6 Å². The van der Waals surface area contributed by atoms with E-state index < -0.39 is 0 Å². The second-order valence-corrected chi connectivity index (χ2v) is 5.12. The van der Waals surface area contributed by atoms with E-state index in [2.05, 4.69) is 48.3 Å². The van der Waals surface area contributed by atoms with Gasteiger partial charge in [-0.15, -0.1) is 0 Å². The number of aryl methyl sites for hydroxylation is 1. The molecule has 19 heavy (non-hydrogen) atoms.